The summed E-state index contributed by atoms with van der Waals surface area (Å²) >= 11 is 0. The molecule has 0 radical (unpaired) electrons. The maximum absolute atomic E-state index is 13.4. The molecule has 3 rings (SSSR count). The number of nitrogens with zero attached hydrogens (tertiary/aromatic N) is 2. The first kappa shape index (κ1) is 17.6. The highest BCUT2D eigenvalue weighted by Crippen LogP contribution is 2.37. The number of methoxy groups -OCH3 is 1. The van der Waals surface area contributed by atoms with Gasteiger partial charge in [-0.05, 0) is 29.8 Å². The van der Waals surface area contributed by atoms with Crippen LogP contribution in [0.1, 0.15) is 5.56 Å². The highest BCUT2D eigenvalue weighted by Gasteiger charge is 2.16. The van der Waals surface area contributed by atoms with Crippen molar-refractivity contribution >= 4 is 28.8 Å². The summed E-state index contributed by atoms with van der Waals surface area (Å²) in [6.07, 6.45) is 3.06. The van der Waals surface area contributed by atoms with Gasteiger partial charge in [0.05, 0.1) is 12.6 Å². The van der Waals surface area contributed by atoms with Crippen molar-refractivity contribution in [3.63, 3.8) is 0 Å². The topological polar surface area (TPSA) is 42.4 Å². The minimum Gasteiger partial charge on any atom is -0.466 e. The van der Waals surface area contributed by atoms with E-state index in [1.165, 1.54) is 25.3 Å². The highest BCUT2D eigenvalue weighted by atomic mass is 19.1. The standard InChI is InChI=1S/C21H19FN2O2/c1-24(2)21-17(12-13-19(25)26-3)20(14-8-10-15(22)11-9-14)16-6-4-5-7-18(16)23-21/h4-13H,1-3H3/b13-12+. The first-order valence-electron chi connectivity index (χ1n) is 8.13. The van der Waals surface area contributed by atoms with Crippen LogP contribution in [0.2, 0.25) is 0 Å². The first-order valence-corrected chi connectivity index (χ1v) is 8.13. The number of ether oxygens (including phenoxy) is 1. The third-order valence-corrected chi connectivity index (χ3v) is 4.05. The molecule has 0 atom stereocenters. The SMILES string of the molecule is COC(=O)/C=C/c1c(N(C)C)nc2ccccc2c1-c1ccc(F)cc1. The second-order valence-electron chi connectivity index (χ2n) is 6.00. The fourth-order valence-corrected chi connectivity index (χ4v) is 2.86. The molecule has 1 aromatic heterocycles. The van der Waals surface area contributed by atoms with Gasteiger partial charge in [-0.15, -0.1) is 0 Å². The molecule has 132 valence electrons. The number of rotatable bonds is 4. The molecule has 0 aliphatic rings. The zero-order valence-electron chi connectivity index (χ0n) is 14.9. The van der Waals surface area contributed by atoms with Crippen molar-refractivity contribution in [1.82, 2.24) is 4.98 Å². The maximum atomic E-state index is 13.4. The number of para-hydroxylation sites is 1. The van der Waals surface area contributed by atoms with E-state index in [2.05, 4.69) is 0 Å². The van der Waals surface area contributed by atoms with E-state index < -0.39 is 5.97 Å². The summed E-state index contributed by atoms with van der Waals surface area (Å²) < 4.78 is 18.1. The van der Waals surface area contributed by atoms with Crippen molar-refractivity contribution in [2.45, 2.75) is 0 Å². The van der Waals surface area contributed by atoms with E-state index in [4.69, 9.17) is 9.72 Å². The Hall–Kier alpha value is -3.21. The molecule has 2 aromatic carbocycles. The number of pyridine rings is 1. The van der Waals surface area contributed by atoms with Crippen LogP contribution < -0.4 is 4.90 Å². The second-order valence-corrected chi connectivity index (χ2v) is 6.00. The molecule has 0 spiro atoms. The fourth-order valence-electron chi connectivity index (χ4n) is 2.86. The van der Waals surface area contributed by atoms with E-state index in [0.29, 0.717) is 5.82 Å². The number of hydrogen-bond acceptors (Lipinski definition) is 4. The zero-order valence-corrected chi connectivity index (χ0v) is 14.9. The molecular formula is C21H19FN2O2. The van der Waals surface area contributed by atoms with Crippen LogP contribution in [0.4, 0.5) is 10.2 Å². The molecule has 0 fully saturated rings. The number of halogens is 1. The largest absolute Gasteiger partial charge is 0.466 e. The Balaban J connectivity index is 2.37. The molecule has 0 aliphatic carbocycles. The van der Waals surface area contributed by atoms with Crippen LogP contribution in [0.25, 0.3) is 28.1 Å². The van der Waals surface area contributed by atoms with Crippen LogP contribution >= 0.6 is 0 Å². The van der Waals surface area contributed by atoms with E-state index in [0.717, 1.165) is 27.6 Å². The molecule has 4 nitrogen and oxygen atoms in total. The predicted molar refractivity (Wildman–Crippen MR) is 103 cm³/mol. The summed E-state index contributed by atoms with van der Waals surface area (Å²) in [5.74, 6) is -0.0392. The normalized spacial score (nSPS) is 11.1. The van der Waals surface area contributed by atoms with Crippen LogP contribution in [0.3, 0.4) is 0 Å². The maximum Gasteiger partial charge on any atom is 0.330 e. The first-order chi connectivity index (χ1) is 12.5. The van der Waals surface area contributed by atoms with Crippen molar-refractivity contribution in [2.24, 2.45) is 0 Å². The number of hydrogen-bond donors (Lipinski definition) is 0. The molecule has 0 amide bonds. The van der Waals surface area contributed by atoms with Crippen molar-refractivity contribution in [2.75, 3.05) is 26.1 Å². The lowest BCUT2D eigenvalue weighted by molar-refractivity contribution is -0.134. The van der Waals surface area contributed by atoms with E-state index in [-0.39, 0.29) is 5.82 Å². The van der Waals surface area contributed by atoms with Gasteiger partial charge >= 0.3 is 5.97 Å². The average molecular weight is 350 g/mol. The predicted octanol–water partition coefficient (Wildman–Crippen LogP) is 4.29. The molecule has 3 aromatic rings. The Morgan fingerprint density at radius 1 is 1.12 bits per heavy atom. The molecule has 0 saturated carbocycles. The van der Waals surface area contributed by atoms with Gasteiger partial charge in [-0.2, -0.15) is 0 Å². The Morgan fingerprint density at radius 2 is 1.81 bits per heavy atom. The summed E-state index contributed by atoms with van der Waals surface area (Å²) in [6, 6.07) is 14.1. The lowest BCUT2D eigenvalue weighted by Gasteiger charge is -2.20. The Bertz CT molecular complexity index is 979. The van der Waals surface area contributed by atoms with Crippen LogP contribution in [0.5, 0.6) is 0 Å². The molecule has 0 bridgehead atoms. The number of carbonyl (C=O) groups excluding carboxylic acids is 1. The van der Waals surface area contributed by atoms with Crippen LogP contribution in [0, 0.1) is 5.82 Å². The number of fused-ring (bicyclic) bond motifs is 1. The molecule has 1 heterocycles. The summed E-state index contributed by atoms with van der Waals surface area (Å²) in [5, 5.41) is 0.925. The third kappa shape index (κ3) is 3.42. The third-order valence-electron chi connectivity index (χ3n) is 4.05. The number of aromatic nitrogens is 1. The van der Waals surface area contributed by atoms with E-state index in [1.54, 1.807) is 18.2 Å². The van der Waals surface area contributed by atoms with Crippen LogP contribution in [-0.2, 0) is 9.53 Å². The van der Waals surface area contributed by atoms with Gasteiger partial charge in [-0.1, -0.05) is 30.3 Å². The number of carbonyl (C=O) groups is 1. The molecule has 0 unspecified atom stereocenters. The van der Waals surface area contributed by atoms with Gasteiger partial charge in [0.15, 0.2) is 0 Å². The van der Waals surface area contributed by atoms with Gasteiger partial charge in [0.2, 0.25) is 0 Å². The van der Waals surface area contributed by atoms with Crippen molar-refractivity contribution in [1.29, 1.82) is 0 Å². The van der Waals surface area contributed by atoms with Gasteiger partial charge < -0.3 is 9.64 Å². The Morgan fingerprint density at radius 3 is 2.46 bits per heavy atom. The smallest absolute Gasteiger partial charge is 0.330 e. The number of anilines is 1. The molecule has 0 aliphatic heterocycles. The van der Waals surface area contributed by atoms with E-state index in [9.17, 15) is 9.18 Å². The molecule has 0 N–H and O–H groups in total. The quantitative estimate of drug-likeness (QED) is 0.520. The van der Waals surface area contributed by atoms with Crippen LogP contribution in [0.15, 0.2) is 54.6 Å². The summed E-state index contributed by atoms with van der Waals surface area (Å²) in [7, 11) is 5.11. The van der Waals surface area contributed by atoms with E-state index >= 15 is 0 Å². The van der Waals surface area contributed by atoms with Gasteiger partial charge in [0.25, 0.3) is 0 Å². The van der Waals surface area contributed by atoms with Gasteiger partial charge in [-0.3, -0.25) is 0 Å². The molecule has 26 heavy (non-hydrogen) atoms. The lowest BCUT2D eigenvalue weighted by atomic mass is 9.95. The fraction of sp³-hybridized carbons (Fsp3) is 0.143. The van der Waals surface area contributed by atoms with E-state index in [1.807, 2.05) is 43.3 Å². The van der Waals surface area contributed by atoms with Gasteiger partial charge in [0, 0.05) is 36.7 Å². The summed E-state index contributed by atoms with van der Waals surface area (Å²) in [5.41, 5.74) is 3.33. The van der Waals surface area contributed by atoms with Crippen molar-refractivity contribution in [3.05, 3.63) is 66.0 Å². The minimum atomic E-state index is -0.451. The molecular weight excluding hydrogens is 331 g/mol. The van der Waals surface area contributed by atoms with Crippen molar-refractivity contribution in [3.8, 4) is 11.1 Å². The Labute approximate surface area is 151 Å². The minimum absolute atomic E-state index is 0.299. The monoisotopic (exact) mass is 350 g/mol. The lowest BCUT2D eigenvalue weighted by Crippen LogP contribution is -2.13. The highest BCUT2D eigenvalue weighted by molar-refractivity contribution is 6.03. The van der Waals surface area contributed by atoms with Crippen molar-refractivity contribution < 1.29 is 13.9 Å². The van der Waals surface area contributed by atoms with Gasteiger partial charge in [-0.25, -0.2) is 14.2 Å². The second kappa shape index (κ2) is 7.35. The van der Waals surface area contributed by atoms with Gasteiger partial charge in [0.1, 0.15) is 11.6 Å². The number of benzene rings is 2. The molecule has 0 saturated heterocycles. The number of esters is 1. The van der Waals surface area contributed by atoms with Crippen LogP contribution in [-0.4, -0.2) is 32.2 Å². The zero-order chi connectivity index (χ0) is 18.7. The molecule has 5 heteroatoms. The summed E-state index contributed by atoms with van der Waals surface area (Å²) in [4.78, 5) is 18.2. The Kier molecular flexibility index (Phi) is 4.98. The average Bonchev–Trinajstić information content (AvgIpc) is 2.65. The summed E-state index contributed by atoms with van der Waals surface area (Å²) in [6.45, 7) is 0.